The fourth-order valence-electron chi connectivity index (χ4n) is 3.64. The van der Waals surface area contributed by atoms with E-state index in [4.69, 9.17) is 32.7 Å². The molecule has 1 aromatic heterocycles. The summed E-state index contributed by atoms with van der Waals surface area (Å²) in [6.45, 7) is -0.285. The molecule has 14 heteroatoms. The first-order valence-corrected chi connectivity index (χ1v) is 12.9. The fraction of sp³-hybridized carbons (Fsp3) is 0.217. The summed E-state index contributed by atoms with van der Waals surface area (Å²) in [5.41, 5.74) is 1.96. The van der Waals surface area contributed by atoms with E-state index in [0.717, 1.165) is 12.1 Å². The van der Waals surface area contributed by atoms with Gasteiger partial charge in [-0.1, -0.05) is 29.3 Å². The zero-order valence-electron chi connectivity index (χ0n) is 19.2. The van der Waals surface area contributed by atoms with Crippen LogP contribution in [-0.2, 0) is 27.9 Å². The van der Waals surface area contributed by atoms with Crippen molar-refractivity contribution in [3.05, 3.63) is 81.1 Å². The van der Waals surface area contributed by atoms with Crippen molar-refractivity contribution >= 4 is 44.8 Å². The van der Waals surface area contributed by atoms with Gasteiger partial charge in [0.1, 0.15) is 5.83 Å². The molecule has 2 heterocycles. The average Bonchev–Trinajstić information content (AvgIpc) is 3.27. The Kier molecular flexibility index (Phi) is 8.02. The predicted molar refractivity (Wildman–Crippen MR) is 132 cm³/mol. The molecule has 9 nitrogen and oxygen atoms in total. The molecule has 1 aliphatic rings. The molecule has 2 N–H and O–H groups in total. The largest absolute Gasteiger partial charge is 0.494 e. The number of urea groups is 1. The molecule has 2 aromatic carbocycles. The number of sulfonamides is 1. The number of methoxy groups -OCH3 is 1. The number of carbonyl (C=O) groups is 1. The standard InChI is InChI=1S/C23H20Cl2F2N4O5S/c1-35-21-5-4-16(7-19(21)26)37(33,34)30-23(32)28-9-20(27)17-12-36-11-14-8-29-31(22(14)17)10-13-2-3-15(24)6-18(13)25/h2-8H,9-12H2,1H3,(H2,28,30,32). The lowest BCUT2D eigenvalue weighted by atomic mass is 10.1. The number of hydrogen-bond donors (Lipinski definition) is 2. The number of nitrogens with zero attached hydrogens (tertiary/aromatic N) is 2. The van der Waals surface area contributed by atoms with E-state index in [1.807, 2.05) is 0 Å². The highest BCUT2D eigenvalue weighted by molar-refractivity contribution is 7.90. The Morgan fingerprint density at radius 2 is 2.00 bits per heavy atom. The number of ether oxygens (including phenoxy) is 2. The van der Waals surface area contributed by atoms with Crippen molar-refractivity contribution in [2.45, 2.75) is 18.0 Å². The number of hydrogen-bond acceptors (Lipinski definition) is 6. The zero-order chi connectivity index (χ0) is 26.7. The smallest absolute Gasteiger partial charge is 0.329 e. The number of amides is 2. The van der Waals surface area contributed by atoms with E-state index in [1.54, 1.807) is 33.8 Å². The molecule has 3 aromatic rings. The molecule has 4 rings (SSSR count). The average molecular weight is 573 g/mol. The molecule has 0 saturated carbocycles. The van der Waals surface area contributed by atoms with Gasteiger partial charge in [0.2, 0.25) is 0 Å². The maximum atomic E-state index is 15.2. The minimum atomic E-state index is -4.42. The number of rotatable bonds is 7. The van der Waals surface area contributed by atoms with E-state index in [-0.39, 0.29) is 31.1 Å². The summed E-state index contributed by atoms with van der Waals surface area (Å²) in [5.74, 6) is -1.84. The first-order chi connectivity index (χ1) is 17.6. The van der Waals surface area contributed by atoms with Gasteiger partial charge in [-0.3, -0.25) is 4.68 Å². The highest BCUT2D eigenvalue weighted by Crippen LogP contribution is 2.30. The summed E-state index contributed by atoms with van der Waals surface area (Å²) in [6.07, 6.45) is 1.55. The van der Waals surface area contributed by atoms with Crippen LogP contribution in [0.3, 0.4) is 0 Å². The minimum absolute atomic E-state index is 0.0917. The van der Waals surface area contributed by atoms with E-state index in [9.17, 15) is 17.6 Å². The molecule has 196 valence electrons. The number of fused-ring (bicyclic) bond motifs is 1. The molecule has 2 amide bonds. The van der Waals surface area contributed by atoms with Gasteiger partial charge < -0.3 is 14.8 Å². The lowest BCUT2D eigenvalue weighted by Gasteiger charge is -2.20. The first kappa shape index (κ1) is 26.9. The van der Waals surface area contributed by atoms with Gasteiger partial charge >= 0.3 is 6.03 Å². The normalized spacial score (nSPS) is 14.6. The highest BCUT2D eigenvalue weighted by Gasteiger charge is 2.25. The van der Waals surface area contributed by atoms with Crippen LogP contribution in [0, 0.1) is 5.82 Å². The topological polar surface area (TPSA) is 112 Å². The molecule has 0 fully saturated rings. The summed E-state index contributed by atoms with van der Waals surface area (Å²) < 4.78 is 67.3. The van der Waals surface area contributed by atoms with E-state index in [2.05, 4.69) is 10.4 Å². The van der Waals surface area contributed by atoms with Crippen LogP contribution in [0.2, 0.25) is 10.0 Å². The lowest BCUT2D eigenvalue weighted by Crippen LogP contribution is -2.40. The summed E-state index contributed by atoms with van der Waals surface area (Å²) in [5, 5.41) is 7.35. The van der Waals surface area contributed by atoms with Crippen LogP contribution in [-0.4, -0.2) is 44.5 Å². The van der Waals surface area contributed by atoms with Gasteiger partial charge in [-0.2, -0.15) is 5.10 Å². The van der Waals surface area contributed by atoms with Gasteiger partial charge in [0.25, 0.3) is 10.0 Å². The molecule has 0 aliphatic carbocycles. The number of carbonyl (C=O) groups excluding carboxylic acids is 1. The van der Waals surface area contributed by atoms with Crippen molar-refractivity contribution in [3.63, 3.8) is 0 Å². The molecular weight excluding hydrogens is 553 g/mol. The second-order valence-corrected chi connectivity index (χ2v) is 10.4. The Balaban J connectivity index is 1.49. The van der Waals surface area contributed by atoms with Crippen molar-refractivity contribution in [3.8, 4) is 5.75 Å². The Bertz CT molecular complexity index is 1490. The zero-order valence-corrected chi connectivity index (χ0v) is 21.6. The van der Waals surface area contributed by atoms with Gasteiger partial charge in [0.05, 0.1) is 50.2 Å². The van der Waals surface area contributed by atoms with Crippen LogP contribution in [0.25, 0.3) is 5.57 Å². The Hall–Kier alpha value is -3.19. The van der Waals surface area contributed by atoms with Gasteiger partial charge in [-0.15, -0.1) is 0 Å². The van der Waals surface area contributed by atoms with Crippen LogP contribution in [0.5, 0.6) is 5.75 Å². The van der Waals surface area contributed by atoms with Gasteiger partial charge in [-0.05, 0) is 35.9 Å². The third kappa shape index (κ3) is 6.04. The molecule has 0 spiro atoms. The summed E-state index contributed by atoms with van der Waals surface area (Å²) in [4.78, 5) is 11.7. The molecular formula is C23H20Cl2F2N4O5S. The van der Waals surface area contributed by atoms with Crippen LogP contribution < -0.4 is 14.8 Å². The van der Waals surface area contributed by atoms with E-state index < -0.39 is 39.1 Å². The van der Waals surface area contributed by atoms with Crippen LogP contribution in [0.1, 0.15) is 16.8 Å². The Labute approximate surface area is 221 Å². The van der Waals surface area contributed by atoms with Crippen LogP contribution in [0.15, 0.2) is 53.3 Å². The third-order valence-electron chi connectivity index (χ3n) is 5.43. The number of aromatic nitrogens is 2. The highest BCUT2D eigenvalue weighted by atomic mass is 35.5. The third-order valence-corrected chi connectivity index (χ3v) is 7.35. The lowest BCUT2D eigenvalue weighted by molar-refractivity contribution is 0.144. The molecule has 0 saturated heterocycles. The maximum absolute atomic E-state index is 15.2. The molecule has 0 unspecified atom stereocenters. The summed E-state index contributed by atoms with van der Waals surface area (Å²) >= 11 is 12.2. The SMILES string of the molecule is COc1ccc(S(=O)(=O)NC(=O)NCC(F)=C2COCc3cnn(Cc4ccc(Cl)cc4Cl)c32)cc1F. The Morgan fingerprint density at radius 1 is 1.22 bits per heavy atom. The molecule has 0 bridgehead atoms. The van der Waals surface area contributed by atoms with Crippen molar-refractivity contribution in [2.75, 3.05) is 20.3 Å². The van der Waals surface area contributed by atoms with Gasteiger partial charge in [0.15, 0.2) is 11.6 Å². The Morgan fingerprint density at radius 3 is 2.70 bits per heavy atom. The summed E-state index contributed by atoms with van der Waals surface area (Å²) in [7, 11) is -3.20. The van der Waals surface area contributed by atoms with Crippen molar-refractivity contribution in [2.24, 2.45) is 0 Å². The predicted octanol–water partition coefficient (Wildman–Crippen LogP) is 4.28. The second-order valence-electron chi connectivity index (χ2n) is 7.87. The first-order valence-electron chi connectivity index (χ1n) is 10.7. The summed E-state index contributed by atoms with van der Waals surface area (Å²) in [6, 6.07) is 6.67. The molecule has 0 radical (unpaired) electrons. The number of nitrogens with one attached hydrogen (secondary N) is 2. The quantitative estimate of drug-likeness (QED) is 0.437. The molecule has 37 heavy (non-hydrogen) atoms. The van der Waals surface area contributed by atoms with Crippen LogP contribution >= 0.6 is 23.2 Å². The monoisotopic (exact) mass is 572 g/mol. The van der Waals surface area contributed by atoms with Gasteiger partial charge in [-0.25, -0.2) is 26.7 Å². The van der Waals surface area contributed by atoms with E-state index >= 15 is 4.39 Å². The van der Waals surface area contributed by atoms with Crippen molar-refractivity contribution < 1.29 is 31.5 Å². The number of benzene rings is 2. The van der Waals surface area contributed by atoms with Gasteiger partial charge in [0, 0.05) is 21.2 Å². The van der Waals surface area contributed by atoms with Crippen molar-refractivity contribution in [1.29, 1.82) is 0 Å². The fourth-order valence-corrected chi connectivity index (χ4v) is 5.05. The van der Waals surface area contributed by atoms with E-state index in [1.165, 1.54) is 7.11 Å². The van der Waals surface area contributed by atoms with Crippen LogP contribution in [0.4, 0.5) is 13.6 Å². The number of halogens is 4. The minimum Gasteiger partial charge on any atom is -0.494 e. The maximum Gasteiger partial charge on any atom is 0.329 e. The van der Waals surface area contributed by atoms with Crippen molar-refractivity contribution in [1.82, 2.24) is 19.8 Å². The molecule has 1 aliphatic heterocycles. The van der Waals surface area contributed by atoms with E-state index in [0.29, 0.717) is 32.9 Å². The second kappa shape index (κ2) is 11.1. The molecule has 0 atom stereocenters.